The van der Waals surface area contributed by atoms with Crippen LogP contribution in [0, 0.1) is 0 Å². The molecule has 1 saturated carbocycles. The van der Waals surface area contributed by atoms with Gasteiger partial charge in [-0.15, -0.1) is 0 Å². The van der Waals surface area contributed by atoms with Crippen molar-refractivity contribution in [1.29, 1.82) is 0 Å². The second-order valence-corrected chi connectivity index (χ2v) is 7.35. The molecule has 0 radical (unpaired) electrons. The van der Waals surface area contributed by atoms with Crippen LogP contribution in [-0.4, -0.2) is 58.8 Å². The van der Waals surface area contributed by atoms with E-state index in [2.05, 4.69) is 30.2 Å². The highest BCUT2D eigenvalue weighted by Gasteiger charge is 2.29. The summed E-state index contributed by atoms with van der Waals surface area (Å²) in [6.45, 7) is 0.175. The van der Waals surface area contributed by atoms with Gasteiger partial charge in [0.15, 0.2) is 0 Å². The molecule has 11 nitrogen and oxygen atoms in total. The molecule has 156 valence electrons. The summed E-state index contributed by atoms with van der Waals surface area (Å²) < 4.78 is 6.95. The molecule has 5 rings (SSSR count). The van der Waals surface area contributed by atoms with E-state index in [1.807, 2.05) is 19.2 Å². The van der Waals surface area contributed by atoms with Crippen LogP contribution in [0.5, 0.6) is 0 Å². The SMILES string of the molecule is CN(C(=O)Cn1cc(-c2nc(-c3ccc(-c4cnc(N)nc4)nc3)no2)cn1)C1CC1. The van der Waals surface area contributed by atoms with Crippen molar-refractivity contribution in [1.82, 2.24) is 39.8 Å². The zero-order valence-electron chi connectivity index (χ0n) is 16.7. The maximum Gasteiger partial charge on any atom is 0.261 e. The van der Waals surface area contributed by atoms with Gasteiger partial charge in [-0.25, -0.2) is 9.97 Å². The zero-order valence-corrected chi connectivity index (χ0v) is 16.7. The van der Waals surface area contributed by atoms with Crippen LogP contribution < -0.4 is 5.73 Å². The van der Waals surface area contributed by atoms with Gasteiger partial charge in [0.1, 0.15) is 6.54 Å². The number of pyridine rings is 1. The molecule has 0 bridgehead atoms. The van der Waals surface area contributed by atoms with Crippen LogP contribution in [0.2, 0.25) is 0 Å². The molecule has 1 fully saturated rings. The first-order valence-corrected chi connectivity index (χ1v) is 9.73. The lowest BCUT2D eigenvalue weighted by molar-refractivity contribution is -0.131. The molecule has 11 heteroatoms. The molecule has 0 spiro atoms. The number of nitrogen functional groups attached to an aromatic ring is 1. The predicted molar refractivity (Wildman–Crippen MR) is 110 cm³/mol. The number of amides is 1. The van der Waals surface area contributed by atoms with Crippen molar-refractivity contribution < 1.29 is 9.32 Å². The van der Waals surface area contributed by atoms with E-state index < -0.39 is 0 Å². The Kier molecular flexibility index (Phi) is 4.62. The van der Waals surface area contributed by atoms with E-state index in [1.54, 1.807) is 40.6 Å². The van der Waals surface area contributed by atoms with Gasteiger partial charge in [0, 0.05) is 49.0 Å². The molecule has 31 heavy (non-hydrogen) atoms. The first-order valence-electron chi connectivity index (χ1n) is 9.73. The van der Waals surface area contributed by atoms with E-state index >= 15 is 0 Å². The lowest BCUT2D eigenvalue weighted by atomic mass is 10.2. The lowest BCUT2D eigenvalue weighted by Gasteiger charge is -2.15. The quantitative estimate of drug-likeness (QED) is 0.495. The summed E-state index contributed by atoms with van der Waals surface area (Å²) in [6.07, 6.45) is 10.3. The van der Waals surface area contributed by atoms with Crippen LogP contribution in [0.1, 0.15) is 12.8 Å². The van der Waals surface area contributed by atoms with E-state index in [1.165, 1.54) is 0 Å². The third-order valence-electron chi connectivity index (χ3n) is 5.08. The molecule has 4 aromatic heterocycles. The Hall–Kier alpha value is -4.15. The fourth-order valence-corrected chi connectivity index (χ4v) is 3.10. The second kappa shape index (κ2) is 7.59. The molecular formula is C20H19N9O2. The van der Waals surface area contributed by atoms with Gasteiger partial charge in [0.05, 0.1) is 17.5 Å². The van der Waals surface area contributed by atoms with Gasteiger partial charge in [-0.05, 0) is 25.0 Å². The summed E-state index contributed by atoms with van der Waals surface area (Å²) in [5.74, 6) is 0.962. The standard InChI is InChI=1S/C20H19N9O2/c1-28(15-3-4-15)17(30)11-29-10-14(9-25-29)19-26-18(27-31-19)12-2-5-16(22-6-12)13-7-23-20(21)24-8-13/h2,5-10,15H,3-4,11H2,1H3,(H2,21,23,24). The number of carbonyl (C=O) groups is 1. The van der Waals surface area contributed by atoms with Gasteiger partial charge in [-0.2, -0.15) is 10.1 Å². The molecule has 0 unspecified atom stereocenters. The van der Waals surface area contributed by atoms with E-state index in [9.17, 15) is 4.79 Å². The average molecular weight is 417 g/mol. The van der Waals surface area contributed by atoms with Gasteiger partial charge in [0.25, 0.3) is 5.89 Å². The molecule has 1 amide bonds. The van der Waals surface area contributed by atoms with Gasteiger partial charge < -0.3 is 15.2 Å². The Morgan fingerprint density at radius 1 is 1.13 bits per heavy atom. The second-order valence-electron chi connectivity index (χ2n) is 7.35. The average Bonchev–Trinajstić information content (AvgIpc) is 3.33. The van der Waals surface area contributed by atoms with Crippen LogP contribution in [0.3, 0.4) is 0 Å². The number of anilines is 1. The molecule has 0 aliphatic heterocycles. The van der Waals surface area contributed by atoms with E-state index in [0.717, 1.165) is 18.4 Å². The molecule has 0 atom stereocenters. The summed E-state index contributed by atoms with van der Waals surface area (Å²) >= 11 is 0. The smallest absolute Gasteiger partial charge is 0.261 e. The molecule has 1 aliphatic carbocycles. The van der Waals surface area contributed by atoms with Crippen LogP contribution in [0.25, 0.3) is 34.1 Å². The van der Waals surface area contributed by atoms with Crippen molar-refractivity contribution in [2.75, 3.05) is 12.8 Å². The number of likely N-dealkylation sites (N-methyl/N-ethyl adjacent to an activating group) is 1. The maximum atomic E-state index is 12.3. The first kappa shape index (κ1) is 18.9. The van der Waals surface area contributed by atoms with Gasteiger partial charge in [-0.1, -0.05) is 5.16 Å². The summed E-state index contributed by atoms with van der Waals surface area (Å²) in [4.78, 5) is 30.8. The monoisotopic (exact) mass is 417 g/mol. The highest BCUT2D eigenvalue weighted by atomic mass is 16.5. The Balaban J connectivity index is 1.29. The Morgan fingerprint density at radius 2 is 1.90 bits per heavy atom. The molecule has 0 saturated heterocycles. The Bertz CT molecular complexity index is 1210. The molecular weight excluding hydrogens is 398 g/mol. The minimum atomic E-state index is 0.0287. The Labute approximate surface area is 176 Å². The number of aromatic nitrogens is 7. The maximum absolute atomic E-state index is 12.3. The third-order valence-corrected chi connectivity index (χ3v) is 5.08. The van der Waals surface area contributed by atoms with E-state index in [0.29, 0.717) is 34.6 Å². The first-order chi connectivity index (χ1) is 15.1. The van der Waals surface area contributed by atoms with Crippen molar-refractivity contribution >= 4 is 11.9 Å². The van der Waals surface area contributed by atoms with Crippen LogP contribution in [0.4, 0.5) is 5.95 Å². The van der Waals surface area contributed by atoms with E-state index in [-0.39, 0.29) is 18.4 Å². The number of carbonyl (C=O) groups excluding carboxylic acids is 1. The van der Waals surface area contributed by atoms with Gasteiger partial charge >= 0.3 is 0 Å². The van der Waals surface area contributed by atoms with Crippen LogP contribution >= 0.6 is 0 Å². The van der Waals surface area contributed by atoms with Crippen molar-refractivity contribution in [3.8, 4) is 34.1 Å². The highest BCUT2D eigenvalue weighted by Crippen LogP contribution is 2.26. The normalized spacial score (nSPS) is 13.3. The molecule has 4 heterocycles. The molecule has 2 N–H and O–H groups in total. The minimum absolute atomic E-state index is 0.0287. The molecule has 1 aliphatic rings. The number of nitrogens with two attached hydrogens (primary N) is 1. The predicted octanol–water partition coefficient (Wildman–Crippen LogP) is 1.66. The minimum Gasteiger partial charge on any atom is -0.368 e. The van der Waals surface area contributed by atoms with Crippen molar-refractivity contribution in [3.63, 3.8) is 0 Å². The van der Waals surface area contributed by atoms with Crippen LogP contribution in [-0.2, 0) is 11.3 Å². The third kappa shape index (κ3) is 3.97. The highest BCUT2D eigenvalue weighted by molar-refractivity contribution is 5.76. The van der Waals surface area contributed by atoms with Crippen molar-refractivity contribution in [3.05, 3.63) is 43.1 Å². The lowest BCUT2D eigenvalue weighted by Crippen LogP contribution is -2.32. The van der Waals surface area contributed by atoms with Crippen molar-refractivity contribution in [2.24, 2.45) is 0 Å². The van der Waals surface area contributed by atoms with E-state index in [4.69, 9.17) is 10.3 Å². The Morgan fingerprint density at radius 3 is 2.61 bits per heavy atom. The topological polar surface area (TPSA) is 142 Å². The summed E-state index contributed by atoms with van der Waals surface area (Å²) in [6, 6.07) is 4.03. The fraction of sp³-hybridized carbons (Fsp3) is 0.250. The molecule has 4 aromatic rings. The van der Waals surface area contributed by atoms with Gasteiger partial charge in [-0.3, -0.25) is 14.5 Å². The number of rotatable bonds is 6. The number of nitrogens with zero attached hydrogens (tertiary/aromatic N) is 8. The fourth-order valence-electron chi connectivity index (χ4n) is 3.10. The molecule has 0 aromatic carbocycles. The summed E-state index contributed by atoms with van der Waals surface area (Å²) in [5.41, 5.74) is 8.31. The zero-order chi connectivity index (χ0) is 21.4. The largest absolute Gasteiger partial charge is 0.368 e. The summed E-state index contributed by atoms with van der Waals surface area (Å²) in [7, 11) is 1.83. The van der Waals surface area contributed by atoms with Crippen LogP contribution in [0.15, 0.2) is 47.6 Å². The van der Waals surface area contributed by atoms with Gasteiger partial charge in [0.2, 0.25) is 17.7 Å². The number of hydrogen-bond donors (Lipinski definition) is 1. The summed E-state index contributed by atoms with van der Waals surface area (Å²) in [5, 5.41) is 8.26. The number of hydrogen-bond acceptors (Lipinski definition) is 9. The van der Waals surface area contributed by atoms with Crippen molar-refractivity contribution in [2.45, 2.75) is 25.4 Å².